The zero-order chi connectivity index (χ0) is 29.7. The van der Waals surface area contributed by atoms with Crippen LogP contribution >= 0.6 is 0 Å². The van der Waals surface area contributed by atoms with E-state index in [-0.39, 0.29) is 30.5 Å². The van der Waals surface area contributed by atoms with Gasteiger partial charge in [-0.05, 0) is 66.4 Å². The van der Waals surface area contributed by atoms with E-state index in [4.69, 9.17) is 4.74 Å². The van der Waals surface area contributed by atoms with E-state index >= 15 is 0 Å². The lowest BCUT2D eigenvalue weighted by Crippen LogP contribution is -2.39. The standard InChI is InChI=1S/C29H23F7N2O3/c1-16(19-9-21(28(31,32)33)13-22(10-19)29(34,35)36)41-25-15-38-24(27(25)17-4-6-23(30)7-5-17)11-20(12-26(38)39)18-3-2-8-37(40)14-18/h2-10,12-14,16,24-25,27H,11,15H2,1H3/t16-,24?,25+,27?/m1/s1. The molecule has 1 amide bonds. The zero-order valence-electron chi connectivity index (χ0n) is 21.4. The van der Waals surface area contributed by atoms with Crippen LogP contribution in [0.1, 0.15) is 53.2 Å². The number of ether oxygens (including phenoxy) is 1. The molecule has 3 heterocycles. The SMILES string of the molecule is C[C@@H](O[C@H]1CN2C(=O)C=C(c3ccc[n+]([O-])c3)CC2C1c1ccc(F)cc1)c1cc(C(F)(F)F)cc(C(F)(F)F)c1. The molecular formula is C29H23F7N2O3. The summed E-state index contributed by atoms with van der Waals surface area (Å²) in [6, 6.07) is 9.42. The summed E-state index contributed by atoms with van der Waals surface area (Å²) in [4.78, 5) is 14.7. The van der Waals surface area contributed by atoms with Crippen LogP contribution in [0.3, 0.4) is 0 Å². The van der Waals surface area contributed by atoms with Crippen molar-refractivity contribution >= 4 is 11.5 Å². The molecule has 1 fully saturated rings. The molecule has 41 heavy (non-hydrogen) atoms. The minimum Gasteiger partial charge on any atom is -0.619 e. The lowest BCUT2D eigenvalue weighted by atomic mass is 9.84. The van der Waals surface area contributed by atoms with Crippen LogP contribution in [0.25, 0.3) is 5.57 Å². The summed E-state index contributed by atoms with van der Waals surface area (Å²) in [6.07, 6.45) is -7.82. The Morgan fingerprint density at radius 3 is 2.22 bits per heavy atom. The number of alkyl halides is 6. The van der Waals surface area contributed by atoms with Gasteiger partial charge in [0.05, 0.1) is 23.3 Å². The maximum Gasteiger partial charge on any atom is 0.416 e. The Balaban J connectivity index is 1.50. The van der Waals surface area contributed by atoms with Gasteiger partial charge in [0.1, 0.15) is 5.82 Å². The van der Waals surface area contributed by atoms with Gasteiger partial charge in [0, 0.05) is 36.2 Å². The Hall–Kier alpha value is -3.93. The first-order valence-electron chi connectivity index (χ1n) is 12.6. The van der Waals surface area contributed by atoms with Crippen LogP contribution in [-0.2, 0) is 21.9 Å². The fourth-order valence-corrected chi connectivity index (χ4v) is 5.54. The molecule has 0 spiro atoms. The van der Waals surface area contributed by atoms with Crippen LogP contribution in [0.5, 0.6) is 0 Å². The van der Waals surface area contributed by atoms with Gasteiger partial charge in [0.2, 0.25) is 5.91 Å². The molecule has 0 bridgehead atoms. The van der Waals surface area contributed by atoms with E-state index in [1.54, 1.807) is 6.07 Å². The Bertz CT molecular complexity index is 1450. The fourth-order valence-electron chi connectivity index (χ4n) is 5.54. The number of amides is 1. The highest BCUT2D eigenvalue weighted by molar-refractivity contribution is 5.97. The maximum absolute atomic E-state index is 13.8. The third kappa shape index (κ3) is 5.92. The molecule has 0 aliphatic carbocycles. The van der Waals surface area contributed by atoms with E-state index in [0.717, 1.165) is 0 Å². The lowest BCUT2D eigenvalue weighted by Gasteiger charge is -2.32. The first kappa shape index (κ1) is 28.6. The van der Waals surface area contributed by atoms with Gasteiger partial charge in [-0.1, -0.05) is 12.1 Å². The van der Waals surface area contributed by atoms with Gasteiger partial charge in [-0.15, -0.1) is 0 Å². The number of hydrogen-bond donors (Lipinski definition) is 0. The Morgan fingerprint density at radius 2 is 1.63 bits per heavy atom. The molecule has 4 atom stereocenters. The number of hydrogen-bond acceptors (Lipinski definition) is 3. The highest BCUT2D eigenvalue weighted by atomic mass is 19.4. The summed E-state index contributed by atoms with van der Waals surface area (Å²) in [7, 11) is 0. The summed E-state index contributed by atoms with van der Waals surface area (Å²) in [6.45, 7) is 1.35. The summed E-state index contributed by atoms with van der Waals surface area (Å²) in [5.74, 6) is -1.49. The molecule has 0 saturated carbocycles. The van der Waals surface area contributed by atoms with Crippen molar-refractivity contribution < 1.29 is 45.0 Å². The topological polar surface area (TPSA) is 56.5 Å². The molecule has 2 unspecified atom stereocenters. The van der Waals surface area contributed by atoms with Crippen LogP contribution in [0.4, 0.5) is 30.7 Å². The van der Waals surface area contributed by atoms with Gasteiger partial charge in [0.25, 0.3) is 0 Å². The molecule has 1 aromatic heterocycles. The number of pyridine rings is 1. The van der Waals surface area contributed by atoms with Gasteiger partial charge in [-0.2, -0.15) is 31.1 Å². The van der Waals surface area contributed by atoms with Gasteiger partial charge in [-0.3, -0.25) is 4.79 Å². The van der Waals surface area contributed by atoms with Gasteiger partial charge in [0.15, 0.2) is 12.4 Å². The van der Waals surface area contributed by atoms with E-state index in [1.807, 2.05) is 0 Å². The van der Waals surface area contributed by atoms with Crippen molar-refractivity contribution in [2.75, 3.05) is 6.54 Å². The number of benzene rings is 2. The summed E-state index contributed by atoms with van der Waals surface area (Å²) < 4.78 is 101. The predicted molar refractivity (Wildman–Crippen MR) is 132 cm³/mol. The molecule has 12 heteroatoms. The minimum absolute atomic E-state index is 0.00109. The second kappa shape index (κ2) is 10.5. The van der Waals surface area contributed by atoms with Crippen molar-refractivity contribution in [1.82, 2.24) is 4.90 Å². The number of carbonyl (C=O) groups is 1. The summed E-state index contributed by atoms with van der Waals surface area (Å²) in [5, 5.41) is 11.8. The smallest absolute Gasteiger partial charge is 0.416 e. The molecule has 216 valence electrons. The average molecular weight is 581 g/mol. The van der Waals surface area contributed by atoms with E-state index < -0.39 is 53.5 Å². The van der Waals surface area contributed by atoms with E-state index in [0.29, 0.717) is 33.6 Å². The van der Waals surface area contributed by atoms with E-state index in [2.05, 4.69) is 0 Å². The summed E-state index contributed by atoms with van der Waals surface area (Å²) >= 11 is 0. The van der Waals surface area contributed by atoms with Crippen molar-refractivity contribution in [1.29, 1.82) is 0 Å². The van der Waals surface area contributed by atoms with Crippen molar-refractivity contribution in [2.45, 2.75) is 49.9 Å². The molecule has 5 nitrogen and oxygen atoms in total. The number of aromatic nitrogens is 1. The number of nitrogens with zero attached hydrogens (tertiary/aromatic N) is 2. The van der Waals surface area contributed by atoms with Crippen LogP contribution in [0.2, 0.25) is 0 Å². The van der Waals surface area contributed by atoms with Crippen molar-refractivity contribution in [3.8, 4) is 0 Å². The number of carbonyl (C=O) groups excluding carboxylic acids is 1. The Labute approximate surface area is 230 Å². The first-order chi connectivity index (χ1) is 19.2. The van der Waals surface area contributed by atoms with Crippen LogP contribution < -0.4 is 4.73 Å². The van der Waals surface area contributed by atoms with Gasteiger partial charge in [-0.25, -0.2) is 4.39 Å². The number of fused-ring (bicyclic) bond motifs is 1. The molecule has 2 aromatic carbocycles. The highest BCUT2D eigenvalue weighted by Gasteiger charge is 2.48. The molecule has 0 N–H and O–H groups in total. The zero-order valence-corrected chi connectivity index (χ0v) is 21.4. The quantitative estimate of drug-likeness (QED) is 0.199. The van der Waals surface area contributed by atoms with Crippen molar-refractivity contribution in [3.05, 3.63) is 112 Å². The normalized spacial score (nSPS) is 22.0. The van der Waals surface area contributed by atoms with Crippen LogP contribution in [0.15, 0.2) is 73.1 Å². The molecule has 5 rings (SSSR count). The number of rotatable bonds is 5. The maximum atomic E-state index is 13.8. The number of halogens is 7. The largest absolute Gasteiger partial charge is 0.619 e. The van der Waals surface area contributed by atoms with Gasteiger partial charge < -0.3 is 14.8 Å². The minimum atomic E-state index is -5.02. The molecule has 2 aliphatic heterocycles. The fraction of sp³-hybridized carbons (Fsp3) is 0.310. The highest BCUT2D eigenvalue weighted by Crippen LogP contribution is 2.45. The lowest BCUT2D eigenvalue weighted by molar-refractivity contribution is -0.605. The van der Waals surface area contributed by atoms with Gasteiger partial charge >= 0.3 is 12.4 Å². The van der Waals surface area contributed by atoms with Crippen LogP contribution in [0, 0.1) is 11.0 Å². The second-order valence-corrected chi connectivity index (χ2v) is 10.1. The van der Waals surface area contributed by atoms with Crippen molar-refractivity contribution in [3.63, 3.8) is 0 Å². The monoisotopic (exact) mass is 580 g/mol. The van der Waals surface area contributed by atoms with Crippen LogP contribution in [-0.4, -0.2) is 29.5 Å². The van der Waals surface area contributed by atoms with E-state index in [1.165, 1.54) is 60.6 Å². The second-order valence-electron chi connectivity index (χ2n) is 10.1. The molecule has 3 aromatic rings. The predicted octanol–water partition coefficient (Wildman–Crippen LogP) is 6.42. The Morgan fingerprint density at radius 1 is 1.00 bits per heavy atom. The third-order valence-corrected chi connectivity index (χ3v) is 7.46. The van der Waals surface area contributed by atoms with Crippen molar-refractivity contribution in [2.24, 2.45) is 0 Å². The third-order valence-electron chi connectivity index (χ3n) is 7.46. The molecule has 2 aliphatic rings. The summed E-state index contributed by atoms with van der Waals surface area (Å²) in [5.41, 5.74) is -1.57. The first-order valence-corrected chi connectivity index (χ1v) is 12.6. The Kier molecular flexibility index (Phi) is 7.31. The molecular weight excluding hydrogens is 557 g/mol. The molecule has 0 radical (unpaired) electrons. The molecule has 1 saturated heterocycles. The average Bonchev–Trinajstić information content (AvgIpc) is 3.26. The van der Waals surface area contributed by atoms with E-state index in [9.17, 15) is 40.7 Å².